The molecule has 1 saturated heterocycles. The van der Waals surface area contributed by atoms with Gasteiger partial charge in [0, 0.05) is 19.6 Å². The maximum atomic E-state index is 11.7. The predicted molar refractivity (Wildman–Crippen MR) is 53.6 cm³/mol. The van der Waals surface area contributed by atoms with Crippen LogP contribution in [0.2, 0.25) is 0 Å². The van der Waals surface area contributed by atoms with Crippen molar-refractivity contribution in [2.24, 2.45) is 5.92 Å². The molecule has 76 valence electrons. The van der Waals surface area contributed by atoms with E-state index in [1.165, 1.54) is 0 Å². The van der Waals surface area contributed by atoms with E-state index in [4.69, 9.17) is 0 Å². The summed E-state index contributed by atoms with van der Waals surface area (Å²) < 4.78 is 0. The summed E-state index contributed by atoms with van der Waals surface area (Å²) in [6, 6.07) is 0.877. The molecule has 1 aliphatic heterocycles. The molecule has 0 aromatic carbocycles. The topological polar surface area (TPSA) is 23.6 Å². The van der Waals surface area contributed by atoms with Gasteiger partial charge in [-0.1, -0.05) is 13.8 Å². The van der Waals surface area contributed by atoms with Crippen LogP contribution in [0, 0.1) is 5.92 Å². The molecule has 0 N–H and O–H groups in total. The van der Waals surface area contributed by atoms with Crippen LogP contribution in [0.4, 0.5) is 4.79 Å². The number of carbonyl (C=O) groups excluding carboxylic acids is 1. The number of urea groups is 1. The predicted octanol–water partition coefficient (Wildman–Crippen LogP) is 1.79. The zero-order valence-electron chi connectivity index (χ0n) is 9.24. The van der Waals surface area contributed by atoms with Crippen LogP contribution in [0.1, 0.15) is 27.7 Å². The van der Waals surface area contributed by atoms with Crippen LogP contribution in [0.15, 0.2) is 0 Å². The molecular weight excluding hydrogens is 164 g/mol. The first-order chi connectivity index (χ1) is 5.95. The van der Waals surface area contributed by atoms with Crippen LogP contribution in [0.3, 0.4) is 0 Å². The number of carbonyl (C=O) groups is 1. The summed E-state index contributed by atoms with van der Waals surface area (Å²) in [7, 11) is 1.90. The van der Waals surface area contributed by atoms with Crippen LogP contribution in [-0.2, 0) is 0 Å². The smallest absolute Gasteiger partial charge is 0.320 e. The van der Waals surface area contributed by atoms with Crippen molar-refractivity contribution in [3.63, 3.8) is 0 Å². The monoisotopic (exact) mass is 184 g/mol. The second kappa shape index (κ2) is 3.56. The van der Waals surface area contributed by atoms with Crippen LogP contribution in [-0.4, -0.2) is 41.5 Å². The molecule has 0 aromatic heterocycles. The van der Waals surface area contributed by atoms with Gasteiger partial charge in [0.25, 0.3) is 0 Å². The van der Waals surface area contributed by atoms with Gasteiger partial charge in [-0.25, -0.2) is 4.79 Å². The molecule has 0 radical (unpaired) electrons. The quantitative estimate of drug-likeness (QED) is 0.641. The van der Waals surface area contributed by atoms with Crippen molar-refractivity contribution in [3.05, 3.63) is 0 Å². The highest BCUT2D eigenvalue weighted by atomic mass is 16.2. The van der Waals surface area contributed by atoms with Gasteiger partial charge < -0.3 is 9.80 Å². The molecule has 2 amide bonds. The van der Waals surface area contributed by atoms with Crippen LogP contribution in [0.5, 0.6) is 0 Å². The maximum Gasteiger partial charge on any atom is 0.320 e. The van der Waals surface area contributed by atoms with Crippen molar-refractivity contribution in [2.45, 2.75) is 39.8 Å². The first-order valence-electron chi connectivity index (χ1n) is 4.98. The van der Waals surface area contributed by atoms with Gasteiger partial charge >= 0.3 is 6.03 Å². The van der Waals surface area contributed by atoms with E-state index in [-0.39, 0.29) is 6.03 Å². The molecule has 1 fully saturated rings. The van der Waals surface area contributed by atoms with Gasteiger partial charge in [-0.15, -0.1) is 0 Å². The Morgan fingerprint density at radius 1 is 1.31 bits per heavy atom. The normalized spacial score (nSPS) is 23.9. The Hall–Kier alpha value is -0.730. The van der Waals surface area contributed by atoms with E-state index in [2.05, 4.69) is 27.7 Å². The van der Waals surface area contributed by atoms with E-state index in [0.29, 0.717) is 18.0 Å². The lowest BCUT2D eigenvalue weighted by molar-refractivity contribution is 0.185. The van der Waals surface area contributed by atoms with E-state index in [1.807, 2.05) is 16.8 Å². The lowest BCUT2D eigenvalue weighted by Gasteiger charge is -2.20. The van der Waals surface area contributed by atoms with E-state index in [9.17, 15) is 4.79 Å². The standard InChI is InChI=1S/C10H20N2O/c1-7(2)9-6-12(8(3)4)10(13)11(9)5/h7-9H,6H2,1-5H3. The first kappa shape index (κ1) is 10.4. The number of likely N-dealkylation sites (N-methyl/N-ethyl adjacent to an activating group) is 1. The largest absolute Gasteiger partial charge is 0.323 e. The average Bonchev–Trinajstić information content (AvgIpc) is 2.29. The summed E-state index contributed by atoms with van der Waals surface area (Å²) in [5, 5.41) is 0. The van der Waals surface area contributed by atoms with Gasteiger partial charge in [-0.3, -0.25) is 0 Å². The van der Waals surface area contributed by atoms with Crippen LogP contribution in [0.25, 0.3) is 0 Å². The van der Waals surface area contributed by atoms with Gasteiger partial charge in [0.15, 0.2) is 0 Å². The van der Waals surface area contributed by atoms with Crippen molar-refractivity contribution in [1.29, 1.82) is 0 Å². The molecule has 0 aromatic rings. The highest BCUT2D eigenvalue weighted by Gasteiger charge is 2.36. The van der Waals surface area contributed by atoms with Crippen molar-refractivity contribution in [2.75, 3.05) is 13.6 Å². The highest BCUT2D eigenvalue weighted by molar-refractivity contribution is 5.77. The molecule has 3 heteroatoms. The third-order valence-electron chi connectivity index (χ3n) is 2.82. The Labute approximate surface area is 80.7 Å². The Balaban J connectivity index is 2.72. The number of hydrogen-bond donors (Lipinski definition) is 0. The second-order valence-corrected chi connectivity index (χ2v) is 4.45. The fourth-order valence-electron chi connectivity index (χ4n) is 1.84. The SMILES string of the molecule is CC(C)C1CN(C(C)C)C(=O)N1C. The van der Waals surface area contributed by atoms with E-state index in [1.54, 1.807) is 0 Å². The number of nitrogens with zero attached hydrogens (tertiary/aromatic N) is 2. The highest BCUT2D eigenvalue weighted by Crippen LogP contribution is 2.21. The molecule has 13 heavy (non-hydrogen) atoms. The van der Waals surface area contributed by atoms with Gasteiger partial charge in [0.05, 0.1) is 6.04 Å². The Morgan fingerprint density at radius 2 is 1.85 bits per heavy atom. The molecule has 1 heterocycles. The van der Waals surface area contributed by atoms with Crippen molar-refractivity contribution < 1.29 is 4.79 Å². The van der Waals surface area contributed by atoms with Crippen molar-refractivity contribution >= 4 is 6.03 Å². The summed E-state index contributed by atoms with van der Waals surface area (Å²) in [5.41, 5.74) is 0. The van der Waals surface area contributed by atoms with Gasteiger partial charge in [-0.05, 0) is 19.8 Å². The molecule has 0 saturated carbocycles. The van der Waals surface area contributed by atoms with E-state index in [0.717, 1.165) is 6.54 Å². The molecule has 3 nitrogen and oxygen atoms in total. The third-order valence-corrected chi connectivity index (χ3v) is 2.82. The summed E-state index contributed by atoms with van der Waals surface area (Å²) >= 11 is 0. The molecule has 0 spiro atoms. The molecule has 0 aliphatic carbocycles. The fraction of sp³-hybridized carbons (Fsp3) is 0.900. The minimum atomic E-state index is 0.175. The maximum absolute atomic E-state index is 11.7. The Bertz CT molecular complexity index is 201. The number of amides is 2. The first-order valence-corrected chi connectivity index (χ1v) is 4.98. The lowest BCUT2D eigenvalue weighted by Crippen LogP contribution is -2.35. The fourth-order valence-corrected chi connectivity index (χ4v) is 1.84. The van der Waals surface area contributed by atoms with Gasteiger partial charge in [0.2, 0.25) is 0 Å². The average molecular weight is 184 g/mol. The summed E-state index contributed by atoms with van der Waals surface area (Å²) in [5.74, 6) is 0.540. The lowest BCUT2D eigenvalue weighted by atomic mass is 10.0. The minimum absolute atomic E-state index is 0.175. The van der Waals surface area contributed by atoms with Crippen LogP contribution < -0.4 is 0 Å². The molecular formula is C10H20N2O. The molecule has 1 rings (SSSR count). The Kier molecular flexibility index (Phi) is 2.84. The summed E-state index contributed by atoms with van der Waals surface area (Å²) in [6.07, 6.45) is 0. The van der Waals surface area contributed by atoms with Crippen molar-refractivity contribution in [1.82, 2.24) is 9.80 Å². The molecule has 1 atom stereocenters. The molecule has 0 bridgehead atoms. The van der Waals surface area contributed by atoms with Crippen molar-refractivity contribution in [3.8, 4) is 0 Å². The minimum Gasteiger partial charge on any atom is -0.323 e. The number of rotatable bonds is 2. The summed E-state index contributed by atoms with van der Waals surface area (Å²) in [4.78, 5) is 15.5. The Morgan fingerprint density at radius 3 is 2.08 bits per heavy atom. The second-order valence-electron chi connectivity index (χ2n) is 4.45. The number of hydrogen-bond acceptors (Lipinski definition) is 1. The van der Waals surface area contributed by atoms with E-state index < -0.39 is 0 Å². The zero-order chi connectivity index (χ0) is 10.2. The van der Waals surface area contributed by atoms with E-state index >= 15 is 0 Å². The van der Waals surface area contributed by atoms with Gasteiger partial charge in [-0.2, -0.15) is 0 Å². The van der Waals surface area contributed by atoms with Crippen LogP contribution >= 0.6 is 0 Å². The third kappa shape index (κ3) is 1.79. The molecule has 1 unspecified atom stereocenters. The van der Waals surface area contributed by atoms with Gasteiger partial charge in [0.1, 0.15) is 0 Å². The molecule has 1 aliphatic rings. The zero-order valence-corrected chi connectivity index (χ0v) is 9.24. The summed E-state index contributed by atoms with van der Waals surface area (Å²) in [6.45, 7) is 9.34.